The van der Waals surface area contributed by atoms with E-state index >= 15 is 0 Å². The minimum absolute atomic E-state index is 0.0132. The Hall–Kier alpha value is -2.37. The lowest BCUT2D eigenvalue weighted by molar-refractivity contribution is 0.107. The van der Waals surface area contributed by atoms with Gasteiger partial charge in [0.15, 0.2) is 0 Å². The molecule has 1 fully saturated rings. The predicted molar refractivity (Wildman–Crippen MR) is 114 cm³/mol. The van der Waals surface area contributed by atoms with Crippen molar-refractivity contribution in [3.63, 3.8) is 0 Å². The standard InChI is InChI=1S/C23H24ClFN2O2/c1-14(26)23(16-2-4-17(25)5-3-16)9-6-18(7-10-23)29-21-12-15-8-11-27-22(28)19(15)13-20(21)24/h2-5,8,11-14,18H,6-7,9-10,26H2,1H3,(H,27,28)/t14?,18-,23-. The minimum atomic E-state index is -0.240. The van der Waals surface area contributed by atoms with Crippen LogP contribution >= 0.6 is 11.6 Å². The van der Waals surface area contributed by atoms with Crippen LogP contribution in [0, 0.1) is 5.82 Å². The molecule has 0 aliphatic heterocycles. The van der Waals surface area contributed by atoms with Crippen LogP contribution < -0.4 is 16.0 Å². The number of nitrogens with one attached hydrogen (secondary N) is 1. The molecule has 0 saturated heterocycles. The lowest BCUT2D eigenvalue weighted by Gasteiger charge is -2.43. The Labute approximate surface area is 173 Å². The zero-order chi connectivity index (χ0) is 20.6. The molecule has 4 rings (SSSR count). The number of hydrogen-bond acceptors (Lipinski definition) is 3. The number of fused-ring (bicyclic) bond motifs is 1. The van der Waals surface area contributed by atoms with E-state index in [0.717, 1.165) is 36.6 Å². The first-order chi connectivity index (χ1) is 13.9. The molecule has 1 aromatic heterocycles. The Morgan fingerprint density at radius 3 is 2.55 bits per heavy atom. The van der Waals surface area contributed by atoms with Gasteiger partial charge in [-0.2, -0.15) is 0 Å². The molecule has 1 heterocycles. The number of H-pyrrole nitrogens is 1. The third-order valence-electron chi connectivity index (χ3n) is 6.24. The maximum atomic E-state index is 13.4. The highest BCUT2D eigenvalue weighted by atomic mass is 35.5. The second-order valence-electron chi connectivity index (χ2n) is 7.95. The Morgan fingerprint density at radius 1 is 1.21 bits per heavy atom. The van der Waals surface area contributed by atoms with Crippen molar-refractivity contribution in [3.05, 3.63) is 75.4 Å². The molecule has 1 aliphatic carbocycles. The van der Waals surface area contributed by atoms with Crippen LogP contribution in [0.1, 0.15) is 38.2 Å². The number of halogens is 2. The Kier molecular flexibility index (Phi) is 5.36. The fourth-order valence-corrected chi connectivity index (χ4v) is 4.68. The molecule has 1 saturated carbocycles. The zero-order valence-corrected chi connectivity index (χ0v) is 17.0. The summed E-state index contributed by atoms with van der Waals surface area (Å²) in [5, 5.41) is 1.76. The van der Waals surface area contributed by atoms with Crippen LogP contribution in [0.15, 0.2) is 53.5 Å². The molecule has 6 heteroatoms. The molecule has 1 unspecified atom stereocenters. The Bertz CT molecular complexity index is 1070. The third kappa shape index (κ3) is 3.77. The number of hydrogen-bond donors (Lipinski definition) is 2. The van der Waals surface area contributed by atoms with E-state index in [1.54, 1.807) is 12.3 Å². The van der Waals surface area contributed by atoms with Gasteiger partial charge in [0, 0.05) is 23.0 Å². The van der Waals surface area contributed by atoms with Crippen molar-refractivity contribution in [1.29, 1.82) is 0 Å². The van der Waals surface area contributed by atoms with E-state index in [1.807, 2.05) is 31.2 Å². The summed E-state index contributed by atoms with van der Waals surface area (Å²) >= 11 is 6.38. The van der Waals surface area contributed by atoms with Gasteiger partial charge in [-0.25, -0.2) is 4.39 Å². The molecule has 0 radical (unpaired) electrons. The number of pyridine rings is 1. The lowest BCUT2D eigenvalue weighted by atomic mass is 9.65. The van der Waals surface area contributed by atoms with Crippen LogP contribution in [0.4, 0.5) is 4.39 Å². The van der Waals surface area contributed by atoms with Gasteiger partial charge >= 0.3 is 0 Å². The summed E-state index contributed by atoms with van der Waals surface area (Å²) < 4.78 is 19.6. The van der Waals surface area contributed by atoms with E-state index in [9.17, 15) is 9.18 Å². The number of aromatic amines is 1. The first kappa shape index (κ1) is 19.9. The SMILES string of the molecule is CC(N)[C@]1(c2ccc(F)cc2)CC[C@H](Oc2cc3cc[nH]c(=O)c3cc2Cl)CC1. The largest absolute Gasteiger partial charge is 0.489 e. The second-order valence-corrected chi connectivity index (χ2v) is 8.35. The maximum absolute atomic E-state index is 13.4. The molecule has 0 amide bonds. The molecule has 29 heavy (non-hydrogen) atoms. The summed E-state index contributed by atoms with van der Waals surface area (Å²) in [5.74, 6) is 0.347. The molecule has 4 nitrogen and oxygen atoms in total. The van der Waals surface area contributed by atoms with Crippen molar-refractivity contribution in [2.45, 2.75) is 50.2 Å². The highest BCUT2D eigenvalue weighted by Crippen LogP contribution is 2.43. The number of aromatic nitrogens is 1. The van der Waals surface area contributed by atoms with Gasteiger partial charge in [-0.1, -0.05) is 23.7 Å². The molecule has 1 aliphatic rings. The van der Waals surface area contributed by atoms with E-state index < -0.39 is 0 Å². The molecule has 3 N–H and O–H groups in total. The van der Waals surface area contributed by atoms with Crippen molar-refractivity contribution in [3.8, 4) is 5.75 Å². The molecular weight excluding hydrogens is 391 g/mol. The zero-order valence-electron chi connectivity index (χ0n) is 16.3. The van der Waals surface area contributed by atoms with Crippen LogP contribution in [0.3, 0.4) is 0 Å². The van der Waals surface area contributed by atoms with Gasteiger partial charge in [0.25, 0.3) is 5.56 Å². The summed E-state index contributed by atoms with van der Waals surface area (Å²) in [5.41, 5.74) is 7.10. The van der Waals surface area contributed by atoms with Crippen molar-refractivity contribution in [2.24, 2.45) is 5.73 Å². The fourth-order valence-electron chi connectivity index (χ4n) is 4.47. The van der Waals surface area contributed by atoms with E-state index in [0.29, 0.717) is 16.2 Å². The summed E-state index contributed by atoms with van der Waals surface area (Å²) in [6.45, 7) is 2.02. The maximum Gasteiger partial charge on any atom is 0.255 e. The fraction of sp³-hybridized carbons (Fsp3) is 0.348. The van der Waals surface area contributed by atoms with Crippen molar-refractivity contribution < 1.29 is 9.13 Å². The van der Waals surface area contributed by atoms with E-state index in [-0.39, 0.29) is 28.9 Å². The van der Waals surface area contributed by atoms with Crippen molar-refractivity contribution in [1.82, 2.24) is 4.98 Å². The molecule has 0 bridgehead atoms. The number of nitrogens with two attached hydrogens (primary N) is 1. The minimum Gasteiger partial charge on any atom is -0.489 e. The van der Waals surface area contributed by atoms with Crippen LogP contribution in [-0.2, 0) is 5.41 Å². The van der Waals surface area contributed by atoms with Crippen molar-refractivity contribution >= 4 is 22.4 Å². The van der Waals surface area contributed by atoms with Crippen molar-refractivity contribution in [2.75, 3.05) is 0 Å². The molecular formula is C23H24ClFN2O2. The van der Waals surface area contributed by atoms with E-state index in [2.05, 4.69) is 4.98 Å². The number of benzene rings is 2. The number of ether oxygens (including phenoxy) is 1. The Balaban J connectivity index is 1.53. The summed E-state index contributed by atoms with van der Waals surface area (Å²) in [6, 6.07) is 11.9. The van der Waals surface area contributed by atoms with Gasteiger partial charge in [-0.15, -0.1) is 0 Å². The molecule has 2 aromatic carbocycles. The topological polar surface area (TPSA) is 68.1 Å². The smallest absolute Gasteiger partial charge is 0.255 e. The van der Waals surface area contributed by atoms with E-state index in [4.69, 9.17) is 22.1 Å². The molecule has 152 valence electrons. The number of rotatable bonds is 4. The predicted octanol–water partition coefficient (Wildman–Crippen LogP) is 4.93. The normalized spacial score (nSPS) is 23.1. The quantitative estimate of drug-likeness (QED) is 0.636. The average molecular weight is 415 g/mol. The van der Waals surface area contributed by atoms with Gasteiger partial charge in [0.1, 0.15) is 11.6 Å². The third-order valence-corrected chi connectivity index (χ3v) is 6.53. The Morgan fingerprint density at radius 2 is 1.90 bits per heavy atom. The van der Waals surface area contributed by atoms with Crippen LogP contribution in [-0.4, -0.2) is 17.1 Å². The average Bonchev–Trinajstić information content (AvgIpc) is 2.70. The van der Waals surface area contributed by atoms with Gasteiger partial charge < -0.3 is 15.5 Å². The summed E-state index contributed by atoms with van der Waals surface area (Å²) in [6.07, 6.45) is 4.98. The first-order valence-corrected chi connectivity index (χ1v) is 10.3. The summed E-state index contributed by atoms with van der Waals surface area (Å²) in [4.78, 5) is 14.6. The van der Waals surface area contributed by atoms with Gasteiger partial charge in [-0.3, -0.25) is 4.79 Å². The van der Waals surface area contributed by atoms with Gasteiger partial charge in [0.05, 0.1) is 11.1 Å². The van der Waals surface area contributed by atoms with Crippen LogP contribution in [0.2, 0.25) is 5.02 Å². The van der Waals surface area contributed by atoms with Gasteiger partial charge in [-0.05, 0) is 73.9 Å². The molecule has 3 aromatic rings. The second kappa shape index (κ2) is 7.81. The van der Waals surface area contributed by atoms with Crippen LogP contribution in [0.5, 0.6) is 5.75 Å². The highest BCUT2D eigenvalue weighted by Gasteiger charge is 2.40. The highest BCUT2D eigenvalue weighted by molar-refractivity contribution is 6.32. The molecule has 0 spiro atoms. The van der Waals surface area contributed by atoms with E-state index in [1.165, 1.54) is 12.1 Å². The first-order valence-electron chi connectivity index (χ1n) is 9.88. The molecule has 1 atom stereocenters. The summed E-state index contributed by atoms with van der Waals surface area (Å²) in [7, 11) is 0. The monoisotopic (exact) mass is 414 g/mol. The van der Waals surface area contributed by atoms with Crippen LogP contribution in [0.25, 0.3) is 10.8 Å². The lowest BCUT2D eigenvalue weighted by Crippen LogP contribution is -2.47. The van der Waals surface area contributed by atoms with Gasteiger partial charge in [0.2, 0.25) is 0 Å².